The highest BCUT2D eigenvalue weighted by Crippen LogP contribution is 2.08. The van der Waals surface area contributed by atoms with Crippen molar-refractivity contribution >= 4 is 12.0 Å². The number of urea groups is 1. The molecule has 2 unspecified atom stereocenters. The molecule has 0 aliphatic heterocycles. The average Bonchev–Trinajstić information content (AvgIpc) is 2.26. The van der Waals surface area contributed by atoms with Gasteiger partial charge in [-0.3, -0.25) is 4.79 Å². The van der Waals surface area contributed by atoms with E-state index in [2.05, 4.69) is 5.32 Å². The number of carbonyl (C=O) groups excluding carboxylic acids is 1. The van der Waals surface area contributed by atoms with E-state index in [-0.39, 0.29) is 30.8 Å². The molecule has 6 nitrogen and oxygen atoms in total. The lowest BCUT2D eigenvalue weighted by molar-refractivity contribution is -0.137. The molecule has 0 spiro atoms. The van der Waals surface area contributed by atoms with Crippen LogP contribution in [0.3, 0.4) is 0 Å². The van der Waals surface area contributed by atoms with Gasteiger partial charge in [-0.1, -0.05) is 13.8 Å². The maximum Gasteiger partial charge on any atom is 0.317 e. The van der Waals surface area contributed by atoms with Gasteiger partial charge in [-0.2, -0.15) is 5.26 Å². The fourth-order valence-corrected chi connectivity index (χ4v) is 1.37. The molecule has 102 valence electrons. The van der Waals surface area contributed by atoms with Crippen molar-refractivity contribution in [2.24, 2.45) is 5.92 Å². The van der Waals surface area contributed by atoms with Gasteiger partial charge in [0, 0.05) is 19.1 Å². The second kappa shape index (κ2) is 7.54. The first-order valence-electron chi connectivity index (χ1n) is 5.91. The summed E-state index contributed by atoms with van der Waals surface area (Å²) in [5.74, 6) is -0.911. The molecule has 0 radical (unpaired) electrons. The van der Waals surface area contributed by atoms with E-state index in [0.717, 1.165) is 0 Å². The summed E-state index contributed by atoms with van der Waals surface area (Å²) in [5.41, 5.74) is 0. The summed E-state index contributed by atoms with van der Waals surface area (Å²) < 4.78 is 0. The van der Waals surface area contributed by atoms with Crippen LogP contribution in [-0.2, 0) is 4.79 Å². The quantitative estimate of drug-likeness (QED) is 0.750. The van der Waals surface area contributed by atoms with E-state index < -0.39 is 12.0 Å². The Morgan fingerprint density at radius 1 is 1.39 bits per heavy atom. The SMILES string of the molecule is CC(C)C(CC(=O)O)NC(=O)N(C)C(C)CC#N. The van der Waals surface area contributed by atoms with E-state index in [1.165, 1.54) is 4.90 Å². The molecule has 0 saturated heterocycles. The van der Waals surface area contributed by atoms with Gasteiger partial charge >= 0.3 is 12.0 Å². The fourth-order valence-electron chi connectivity index (χ4n) is 1.37. The minimum atomic E-state index is -0.943. The van der Waals surface area contributed by atoms with Crippen molar-refractivity contribution in [1.82, 2.24) is 10.2 Å². The minimum Gasteiger partial charge on any atom is -0.481 e. The van der Waals surface area contributed by atoms with E-state index in [9.17, 15) is 9.59 Å². The second-order valence-electron chi connectivity index (χ2n) is 4.72. The summed E-state index contributed by atoms with van der Waals surface area (Å²) >= 11 is 0. The van der Waals surface area contributed by atoms with Crippen LogP contribution >= 0.6 is 0 Å². The summed E-state index contributed by atoms with van der Waals surface area (Å²) in [7, 11) is 1.59. The number of rotatable bonds is 6. The lowest BCUT2D eigenvalue weighted by Gasteiger charge is -2.28. The van der Waals surface area contributed by atoms with Crippen molar-refractivity contribution in [3.8, 4) is 6.07 Å². The van der Waals surface area contributed by atoms with Crippen molar-refractivity contribution in [2.75, 3.05) is 7.05 Å². The molecule has 0 aliphatic carbocycles. The normalized spacial score (nSPS) is 13.6. The topological polar surface area (TPSA) is 93.4 Å². The Morgan fingerprint density at radius 2 is 1.94 bits per heavy atom. The van der Waals surface area contributed by atoms with Crippen LogP contribution in [0.5, 0.6) is 0 Å². The lowest BCUT2D eigenvalue weighted by atomic mass is 10.0. The summed E-state index contributed by atoms with van der Waals surface area (Å²) in [6, 6.07) is 1.03. The van der Waals surface area contributed by atoms with Crippen LogP contribution in [0.15, 0.2) is 0 Å². The molecule has 2 atom stereocenters. The highest BCUT2D eigenvalue weighted by molar-refractivity contribution is 5.76. The van der Waals surface area contributed by atoms with Crippen LogP contribution in [0.4, 0.5) is 4.79 Å². The van der Waals surface area contributed by atoms with Gasteiger partial charge in [-0.15, -0.1) is 0 Å². The van der Waals surface area contributed by atoms with Crippen LogP contribution < -0.4 is 5.32 Å². The maximum atomic E-state index is 11.9. The summed E-state index contributed by atoms with van der Waals surface area (Å²) in [5, 5.41) is 20.0. The van der Waals surface area contributed by atoms with Crippen LogP contribution in [0.25, 0.3) is 0 Å². The predicted molar refractivity (Wildman–Crippen MR) is 66.9 cm³/mol. The van der Waals surface area contributed by atoms with E-state index in [1.807, 2.05) is 19.9 Å². The molecule has 0 aliphatic rings. The Bertz CT molecular complexity index is 336. The first-order chi connectivity index (χ1) is 8.29. The van der Waals surface area contributed by atoms with Crippen molar-refractivity contribution in [3.63, 3.8) is 0 Å². The summed E-state index contributed by atoms with van der Waals surface area (Å²) in [6.07, 6.45) is 0.138. The van der Waals surface area contributed by atoms with Crippen molar-refractivity contribution in [1.29, 1.82) is 5.26 Å². The van der Waals surface area contributed by atoms with Crippen LogP contribution in [-0.4, -0.2) is 41.1 Å². The third-order valence-corrected chi connectivity index (χ3v) is 2.88. The lowest BCUT2D eigenvalue weighted by Crippen LogP contribution is -2.48. The molecule has 6 heteroatoms. The smallest absolute Gasteiger partial charge is 0.317 e. The number of hydrogen-bond acceptors (Lipinski definition) is 3. The number of carbonyl (C=O) groups is 2. The Morgan fingerprint density at radius 3 is 2.33 bits per heavy atom. The number of nitrogens with zero attached hydrogens (tertiary/aromatic N) is 2. The standard InChI is InChI=1S/C12H21N3O3/c1-8(2)10(7-11(16)17)14-12(18)15(4)9(3)5-6-13/h8-10H,5,7H2,1-4H3,(H,14,18)(H,16,17). The number of carboxylic acid groups (broad SMARTS) is 1. The van der Waals surface area contributed by atoms with Gasteiger partial charge in [0.05, 0.1) is 18.9 Å². The highest BCUT2D eigenvalue weighted by Gasteiger charge is 2.22. The van der Waals surface area contributed by atoms with Gasteiger partial charge in [-0.05, 0) is 12.8 Å². The molecule has 0 aromatic carbocycles. The van der Waals surface area contributed by atoms with Gasteiger partial charge in [-0.25, -0.2) is 4.79 Å². The molecule has 0 rings (SSSR count). The van der Waals surface area contributed by atoms with Crippen LogP contribution in [0, 0.1) is 17.2 Å². The van der Waals surface area contributed by atoms with Gasteiger partial charge in [0.2, 0.25) is 0 Å². The molecule has 18 heavy (non-hydrogen) atoms. The number of hydrogen-bond donors (Lipinski definition) is 2. The van der Waals surface area contributed by atoms with Crippen LogP contribution in [0.1, 0.15) is 33.6 Å². The van der Waals surface area contributed by atoms with Crippen molar-refractivity contribution in [2.45, 2.75) is 45.7 Å². The predicted octanol–water partition coefficient (Wildman–Crippen LogP) is 1.43. The maximum absolute atomic E-state index is 11.9. The molecule has 0 fully saturated rings. The zero-order chi connectivity index (χ0) is 14.3. The molecule has 0 saturated carbocycles. The third kappa shape index (κ3) is 5.53. The number of nitriles is 1. The van der Waals surface area contributed by atoms with E-state index in [1.54, 1.807) is 14.0 Å². The fraction of sp³-hybridized carbons (Fsp3) is 0.750. The van der Waals surface area contributed by atoms with Gasteiger partial charge in [0.1, 0.15) is 0 Å². The van der Waals surface area contributed by atoms with E-state index in [0.29, 0.717) is 0 Å². The monoisotopic (exact) mass is 255 g/mol. The Balaban J connectivity index is 4.50. The van der Waals surface area contributed by atoms with Crippen molar-refractivity contribution < 1.29 is 14.7 Å². The molecule has 2 N–H and O–H groups in total. The summed E-state index contributed by atoms with van der Waals surface area (Å²) in [4.78, 5) is 24.0. The minimum absolute atomic E-state index is 0.0322. The van der Waals surface area contributed by atoms with Gasteiger partial charge < -0.3 is 15.3 Å². The van der Waals surface area contributed by atoms with Crippen molar-refractivity contribution in [3.05, 3.63) is 0 Å². The van der Waals surface area contributed by atoms with E-state index in [4.69, 9.17) is 10.4 Å². The number of aliphatic carboxylic acids is 1. The first-order valence-corrected chi connectivity index (χ1v) is 5.91. The van der Waals surface area contributed by atoms with Crippen LogP contribution in [0.2, 0.25) is 0 Å². The zero-order valence-electron chi connectivity index (χ0n) is 11.3. The molecule has 0 heterocycles. The summed E-state index contributed by atoms with van der Waals surface area (Å²) in [6.45, 7) is 5.48. The van der Waals surface area contributed by atoms with E-state index >= 15 is 0 Å². The molecule has 2 amide bonds. The number of nitrogens with one attached hydrogen (secondary N) is 1. The zero-order valence-corrected chi connectivity index (χ0v) is 11.3. The van der Waals surface area contributed by atoms with Gasteiger partial charge in [0.15, 0.2) is 0 Å². The Labute approximate surface area is 108 Å². The molecular formula is C12H21N3O3. The first kappa shape index (κ1) is 16.2. The highest BCUT2D eigenvalue weighted by atomic mass is 16.4. The molecule has 0 aromatic rings. The third-order valence-electron chi connectivity index (χ3n) is 2.88. The molecular weight excluding hydrogens is 234 g/mol. The molecule has 0 bridgehead atoms. The Kier molecular flexibility index (Phi) is 6.79. The van der Waals surface area contributed by atoms with Gasteiger partial charge in [0.25, 0.3) is 0 Å². The Hall–Kier alpha value is -1.77. The second-order valence-corrected chi connectivity index (χ2v) is 4.72. The largest absolute Gasteiger partial charge is 0.481 e. The number of carboxylic acids is 1. The molecule has 0 aromatic heterocycles. The number of amides is 2. The average molecular weight is 255 g/mol.